The van der Waals surface area contributed by atoms with Crippen LogP contribution in [0.5, 0.6) is 0 Å². The van der Waals surface area contributed by atoms with Gasteiger partial charge in [0.05, 0.1) is 12.6 Å². The molecular formula is C18H29IN4O2. The van der Waals surface area contributed by atoms with Gasteiger partial charge in [0.1, 0.15) is 0 Å². The quantitative estimate of drug-likeness (QED) is 0.241. The molecule has 1 unspecified atom stereocenters. The summed E-state index contributed by atoms with van der Waals surface area (Å²) in [5.74, 6) is 0.363. The second-order valence-electron chi connectivity index (χ2n) is 6.03. The van der Waals surface area contributed by atoms with Crippen LogP contribution in [0.3, 0.4) is 0 Å². The third kappa shape index (κ3) is 8.04. The number of carbonyl (C=O) groups is 1. The van der Waals surface area contributed by atoms with E-state index in [-0.39, 0.29) is 36.0 Å². The van der Waals surface area contributed by atoms with Crippen molar-refractivity contribution in [2.45, 2.75) is 45.3 Å². The first-order valence-corrected chi connectivity index (χ1v) is 8.71. The number of ether oxygens (including phenoxy) is 1. The number of hydrogen-bond acceptors (Lipinski definition) is 3. The van der Waals surface area contributed by atoms with E-state index in [4.69, 9.17) is 10.5 Å². The minimum absolute atomic E-state index is 0. The molecule has 0 aliphatic carbocycles. The number of nitrogens with zero attached hydrogens (tertiary/aromatic N) is 1. The van der Waals surface area contributed by atoms with E-state index in [1.807, 2.05) is 18.2 Å². The maximum absolute atomic E-state index is 12.2. The van der Waals surface area contributed by atoms with Crippen LogP contribution in [0.15, 0.2) is 29.3 Å². The van der Waals surface area contributed by atoms with Crippen molar-refractivity contribution in [2.75, 3.05) is 19.7 Å². The third-order valence-electron chi connectivity index (χ3n) is 3.97. The molecule has 1 aromatic rings. The largest absolute Gasteiger partial charge is 0.376 e. The van der Waals surface area contributed by atoms with Crippen LogP contribution >= 0.6 is 24.0 Å². The Morgan fingerprint density at radius 3 is 2.96 bits per heavy atom. The summed E-state index contributed by atoms with van der Waals surface area (Å²) in [4.78, 5) is 16.5. The Morgan fingerprint density at radius 1 is 1.40 bits per heavy atom. The van der Waals surface area contributed by atoms with Gasteiger partial charge in [-0.2, -0.15) is 0 Å². The minimum Gasteiger partial charge on any atom is -0.376 e. The summed E-state index contributed by atoms with van der Waals surface area (Å²) in [6.07, 6.45) is 4.41. The van der Waals surface area contributed by atoms with E-state index in [1.165, 1.54) is 0 Å². The van der Waals surface area contributed by atoms with Gasteiger partial charge in [-0.05, 0) is 37.0 Å². The third-order valence-corrected chi connectivity index (χ3v) is 3.97. The van der Waals surface area contributed by atoms with Crippen LogP contribution in [-0.2, 0) is 11.3 Å². The molecule has 1 aliphatic rings. The first-order valence-electron chi connectivity index (χ1n) is 8.71. The number of nitrogens with two attached hydrogens (primary N) is 1. The molecule has 1 atom stereocenters. The first-order chi connectivity index (χ1) is 11.7. The van der Waals surface area contributed by atoms with Gasteiger partial charge >= 0.3 is 0 Å². The predicted molar refractivity (Wildman–Crippen MR) is 111 cm³/mol. The number of benzene rings is 1. The highest BCUT2D eigenvalue weighted by Crippen LogP contribution is 2.11. The number of amides is 1. The maximum Gasteiger partial charge on any atom is 0.251 e. The second-order valence-corrected chi connectivity index (χ2v) is 6.03. The molecule has 7 heteroatoms. The topological polar surface area (TPSA) is 88.7 Å². The minimum atomic E-state index is -0.0784. The number of unbranched alkanes of at least 4 members (excludes halogenated alkanes) is 1. The molecule has 0 saturated carbocycles. The van der Waals surface area contributed by atoms with Crippen molar-refractivity contribution >= 4 is 35.8 Å². The molecule has 6 nitrogen and oxygen atoms in total. The molecule has 1 fully saturated rings. The van der Waals surface area contributed by atoms with Gasteiger partial charge in [0.15, 0.2) is 5.96 Å². The zero-order chi connectivity index (χ0) is 17.2. The Kier molecular flexibility index (Phi) is 10.5. The molecular weight excluding hydrogens is 431 g/mol. The zero-order valence-corrected chi connectivity index (χ0v) is 17.1. The fourth-order valence-electron chi connectivity index (χ4n) is 2.55. The second kappa shape index (κ2) is 12.1. The average molecular weight is 460 g/mol. The number of halogens is 1. The Balaban J connectivity index is 0.00000312. The number of hydrogen-bond donors (Lipinski definition) is 3. The highest BCUT2D eigenvalue weighted by Gasteiger charge is 2.16. The van der Waals surface area contributed by atoms with Crippen LogP contribution in [0.1, 0.15) is 48.5 Å². The molecule has 140 valence electrons. The molecule has 0 radical (unpaired) electrons. The van der Waals surface area contributed by atoms with Crippen molar-refractivity contribution in [3.63, 3.8) is 0 Å². The smallest absolute Gasteiger partial charge is 0.251 e. The van der Waals surface area contributed by atoms with Gasteiger partial charge < -0.3 is 21.1 Å². The highest BCUT2D eigenvalue weighted by molar-refractivity contribution is 14.0. The van der Waals surface area contributed by atoms with Crippen LogP contribution in [0.2, 0.25) is 0 Å². The maximum atomic E-state index is 12.2. The van der Waals surface area contributed by atoms with E-state index < -0.39 is 0 Å². The summed E-state index contributed by atoms with van der Waals surface area (Å²) < 4.78 is 5.51. The molecule has 0 bridgehead atoms. The van der Waals surface area contributed by atoms with Gasteiger partial charge in [-0.1, -0.05) is 25.5 Å². The molecule has 4 N–H and O–H groups in total. The van der Waals surface area contributed by atoms with Gasteiger partial charge in [-0.15, -0.1) is 24.0 Å². The van der Waals surface area contributed by atoms with E-state index in [0.717, 1.165) is 44.4 Å². The van der Waals surface area contributed by atoms with E-state index in [0.29, 0.717) is 24.6 Å². The summed E-state index contributed by atoms with van der Waals surface area (Å²) in [6, 6.07) is 7.47. The fourth-order valence-corrected chi connectivity index (χ4v) is 2.55. The standard InChI is InChI=1S/C18H28N4O2.HI/c1-2-3-9-20-18(19)22-12-14-6-4-7-15(11-14)17(23)21-13-16-8-5-10-24-16;/h4,6-7,11,16H,2-3,5,8-10,12-13H2,1H3,(H,21,23)(H3,19,20,22);1H. The van der Waals surface area contributed by atoms with Crippen LogP contribution in [-0.4, -0.2) is 37.7 Å². The molecule has 1 aromatic carbocycles. The van der Waals surface area contributed by atoms with E-state index in [2.05, 4.69) is 22.5 Å². The van der Waals surface area contributed by atoms with Gasteiger partial charge in [0, 0.05) is 25.3 Å². The Labute approximate surface area is 167 Å². The Hall–Kier alpha value is -1.35. The lowest BCUT2D eigenvalue weighted by Gasteiger charge is -2.11. The molecule has 1 amide bonds. The lowest BCUT2D eigenvalue weighted by molar-refractivity contribution is 0.0857. The summed E-state index contributed by atoms with van der Waals surface area (Å²) in [7, 11) is 0. The number of rotatable bonds is 8. The molecule has 1 aliphatic heterocycles. The van der Waals surface area contributed by atoms with Crippen LogP contribution in [0.25, 0.3) is 0 Å². The highest BCUT2D eigenvalue weighted by atomic mass is 127. The Morgan fingerprint density at radius 2 is 2.24 bits per heavy atom. The lowest BCUT2D eigenvalue weighted by atomic mass is 10.1. The number of guanidine groups is 1. The monoisotopic (exact) mass is 460 g/mol. The summed E-state index contributed by atoms with van der Waals surface area (Å²) in [5.41, 5.74) is 7.42. The normalized spacial score (nSPS) is 17.0. The van der Waals surface area contributed by atoms with Gasteiger partial charge in [-0.3, -0.25) is 4.79 Å². The van der Waals surface area contributed by atoms with Crippen molar-refractivity contribution in [3.05, 3.63) is 35.4 Å². The van der Waals surface area contributed by atoms with Crippen molar-refractivity contribution in [3.8, 4) is 0 Å². The average Bonchev–Trinajstić information content (AvgIpc) is 3.12. The summed E-state index contributed by atoms with van der Waals surface area (Å²) >= 11 is 0. The fraction of sp³-hybridized carbons (Fsp3) is 0.556. The van der Waals surface area contributed by atoms with Gasteiger partial charge in [0.25, 0.3) is 5.91 Å². The summed E-state index contributed by atoms with van der Waals surface area (Å²) in [6.45, 7) is 4.77. The molecule has 25 heavy (non-hydrogen) atoms. The zero-order valence-electron chi connectivity index (χ0n) is 14.8. The van der Waals surface area contributed by atoms with Gasteiger partial charge in [0.2, 0.25) is 0 Å². The molecule has 0 aromatic heterocycles. The van der Waals surface area contributed by atoms with E-state index in [9.17, 15) is 4.79 Å². The number of aliphatic imine (C=N–C) groups is 1. The van der Waals surface area contributed by atoms with E-state index >= 15 is 0 Å². The SMILES string of the molecule is CCCCNC(N)=NCc1cccc(C(=O)NCC2CCCO2)c1.I. The molecule has 1 saturated heterocycles. The summed E-state index contributed by atoms with van der Waals surface area (Å²) in [5, 5.41) is 6.01. The van der Waals surface area contributed by atoms with Crippen LogP contribution < -0.4 is 16.4 Å². The van der Waals surface area contributed by atoms with Crippen LogP contribution in [0.4, 0.5) is 0 Å². The first kappa shape index (κ1) is 21.7. The van der Waals surface area contributed by atoms with Gasteiger partial charge in [-0.25, -0.2) is 4.99 Å². The molecule has 2 rings (SSSR count). The van der Waals surface area contributed by atoms with Crippen LogP contribution in [0, 0.1) is 0 Å². The molecule has 0 spiro atoms. The number of carbonyl (C=O) groups excluding carboxylic acids is 1. The lowest BCUT2D eigenvalue weighted by Crippen LogP contribution is -2.32. The molecule has 1 heterocycles. The van der Waals surface area contributed by atoms with Crippen molar-refractivity contribution in [2.24, 2.45) is 10.7 Å². The van der Waals surface area contributed by atoms with E-state index in [1.54, 1.807) is 6.07 Å². The van der Waals surface area contributed by atoms with Crippen molar-refractivity contribution in [1.82, 2.24) is 10.6 Å². The Bertz CT molecular complexity index is 560. The number of nitrogens with one attached hydrogen (secondary N) is 2. The van der Waals surface area contributed by atoms with Crippen molar-refractivity contribution < 1.29 is 9.53 Å². The predicted octanol–water partition coefficient (Wildman–Crippen LogP) is 2.42. The van der Waals surface area contributed by atoms with Crippen molar-refractivity contribution in [1.29, 1.82) is 0 Å².